The fourth-order valence-electron chi connectivity index (χ4n) is 6.77. The van der Waals surface area contributed by atoms with Gasteiger partial charge in [0, 0.05) is 55.6 Å². The Labute approximate surface area is 347 Å². The second-order valence-corrected chi connectivity index (χ2v) is 15.5. The monoisotopic (exact) mass is 829 g/mol. The Balaban J connectivity index is 1.14. The average molecular weight is 830 g/mol. The highest BCUT2D eigenvalue weighted by molar-refractivity contribution is 7.89. The van der Waals surface area contributed by atoms with Crippen molar-refractivity contribution in [3.05, 3.63) is 156 Å². The summed E-state index contributed by atoms with van der Waals surface area (Å²) in [7, 11) is -4.11. The van der Waals surface area contributed by atoms with Crippen LogP contribution in [0.25, 0.3) is 16.8 Å². The minimum Gasteiger partial charge on any atom is -0.448 e. The number of rotatable bonds is 18. The van der Waals surface area contributed by atoms with E-state index in [9.17, 15) is 18.0 Å². The number of anilines is 1. The number of aromatic nitrogens is 4. The first kappa shape index (κ1) is 41.2. The molecule has 0 bridgehead atoms. The number of hydrogen-bond acceptors (Lipinski definition) is 12. The normalized spacial score (nSPS) is 12.2. The molecule has 0 radical (unpaired) electrons. The molecule has 1 aliphatic rings. The van der Waals surface area contributed by atoms with E-state index in [1.807, 2.05) is 98.9 Å². The second-order valence-electron chi connectivity index (χ2n) is 13.5. The van der Waals surface area contributed by atoms with Crippen LogP contribution in [-0.2, 0) is 42.2 Å². The molecule has 0 saturated heterocycles. The molecule has 3 aromatic heterocycles. The van der Waals surface area contributed by atoms with Crippen molar-refractivity contribution in [3.63, 3.8) is 0 Å². The lowest BCUT2D eigenvalue weighted by molar-refractivity contribution is -0.155. The Morgan fingerprint density at radius 2 is 1.53 bits per heavy atom. The molecule has 6 aromatic rings. The van der Waals surface area contributed by atoms with Gasteiger partial charge in [0.1, 0.15) is 23.9 Å². The smallest absolute Gasteiger partial charge is 0.416 e. The summed E-state index contributed by atoms with van der Waals surface area (Å²) in [4.78, 5) is 42.1. The quantitative estimate of drug-likeness (QED) is 0.0288. The molecule has 7 rings (SSSR count). The Kier molecular flexibility index (Phi) is 13.2. The Hall–Kier alpha value is -6.98. The molecule has 0 atom stereocenters. The largest absolute Gasteiger partial charge is 0.448 e. The predicted molar refractivity (Wildman–Crippen MR) is 221 cm³/mol. The zero-order valence-electron chi connectivity index (χ0n) is 33.0. The van der Waals surface area contributed by atoms with Crippen LogP contribution >= 0.6 is 0 Å². The molecule has 60 heavy (non-hydrogen) atoms. The molecule has 3 heterocycles. The van der Waals surface area contributed by atoms with Crippen LogP contribution in [0, 0.1) is 0 Å². The van der Waals surface area contributed by atoms with Gasteiger partial charge < -0.3 is 14.3 Å². The lowest BCUT2D eigenvalue weighted by Crippen LogP contribution is -2.38. The van der Waals surface area contributed by atoms with Crippen LogP contribution in [0.4, 0.5) is 10.6 Å². The van der Waals surface area contributed by atoms with E-state index in [1.54, 1.807) is 34.1 Å². The van der Waals surface area contributed by atoms with Gasteiger partial charge in [0.05, 0.1) is 17.9 Å². The maximum absolute atomic E-state index is 14.1. The van der Waals surface area contributed by atoms with Gasteiger partial charge in [-0.2, -0.15) is 9.40 Å². The van der Waals surface area contributed by atoms with E-state index in [4.69, 9.17) is 19.3 Å². The van der Waals surface area contributed by atoms with Crippen LogP contribution in [0.2, 0.25) is 0 Å². The molecular weight excluding hydrogens is 787 g/mol. The topological polar surface area (TPSA) is 174 Å². The van der Waals surface area contributed by atoms with E-state index in [-0.39, 0.29) is 42.0 Å². The number of carbonyl (C=O) groups excluding carboxylic acids is 2. The number of ether oxygens (including phenoxy) is 2. The molecule has 1 aliphatic carbocycles. The number of fused-ring (bicyclic) bond motifs is 3. The summed E-state index contributed by atoms with van der Waals surface area (Å²) in [6, 6.07) is 32.8. The standard InChI is InChI=1S/C43H43N9O7S/c1-3-49(4-2)47-48-59-31-58-42(53)29-51(43(54)57-30-40-38-16-7-5-14-36(38)37-15-6-8-17-39(37)40)41-18-9-12-33(46-41)28-50(60(55,56)35-13-10-23-44-26-35)27-32-19-21-34(22-20-32)52-25-11-24-45-52/h5-26,40H,3-4,27-31H2,1-2H3/b48-47+. The molecular formula is C43H43N9O7S. The van der Waals surface area contributed by atoms with Gasteiger partial charge >= 0.3 is 12.1 Å². The minimum absolute atomic E-state index is 0.00354. The van der Waals surface area contributed by atoms with Gasteiger partial charge in [0.2, 0.25) is 10.0 Å². The van der Waals surface area contributed by atoms with Crippen LogP contribution in [0.15, 0.2) is 149 Å². The van der Waals surface area contributed by atoms with E-state index in [0.29, 0.717) is 18.7 Å². The Morgan fingerprint density at radius 3 is 2.20 bits per heavy atom. The van der Waals surface area contributed by atoms with Crippen LogP contribution in [-0.4, -0.2) is 82.6 Å². The van der Waals surface area contributed by atoms with Gasteiger partial charge in [-0.15, -0.1) is 0 Å². The van der Waals surface area contributed by atoms with Crippen molar-refractivity contribution in [1.82, 2.24) is 29.1 Å². The van der Waals surface area contributed by atoms with E-state index in [2.05, 4.69) is 20.6 Å². The summed E-state index contributed by atoms with van der Waals surface area (Å²) < 4.78 is 42.4. The highest BCUT2D eigenvalue weighted by atomic mass is 32.2. The molecule has 0 N–H and O–H groups in total. The maximum atomic E-state index is 14.1. The van der Waals surface area contributed by atoms with Crippen molar-refractivity contribution in [2.24, 2.45) is 10.5 Å². The number of hydrogen-bond donors (Lipinski definition) is 0. The lowest BCUT2D eigenvalue weighted by Gasteiger charge is -2.24. The minimum atomic E-state index is -4.11. The Bertz CT molecular complexity index is 2470. The molecule has 16 nitrogen and oxygen atoms in total. The van der Waals surface area contributed by atoms with Crippen LogP contribution in [0.1, 0.15) is 42.1 Å². The maximum Gasteiger partial charge on any atom is 0.416 e. The van der Waals surface area contributed by atoms with Crippen molar-refractivity contribution in [2.45, 2.75) is 37.8 Å². The van der Waals surface area contributed by atoms with Gasteiger partial charge in [-0.1, -0.05) is 66.7 Å². The summed E-state index contributed by atoms with van der Waals surface area (Å²) in [6.07, 6.45) is 5.40. The van der Waals surface area contributed by atoms with Crippen molar-refractivity contribution < 1.29 is 32.3 Å². The highest BCUT2D eigenvalue weighted by Crippen LogP contribution is 2.44. The summed E-state index contributed by atoms with van der Waals surface area (Å²) >= 11 is 0. The van der Waals surface area contributed by atoms with E-state index in [0.717, 1.165) is 32.8 Å². The van der Waals surface area contributed by atoms with Crippen molar-refractivity contribution >= 4 is 27.9 Å². The SMILES string of the molecule is CCN(CC)/N=N/OCOC(=O)CN(C(=O)OCC1c2ccccc2-c2ccccc21)c1cccc(CN(Cc2ccc(-n3cccn3)cc2)S(=O)(=O)c2cccnc2)n1. The van der Waals surface area contributed by atoms with Gasteiger partial charge in [0.15, 0.2) is 0 Å². The van der Waals surface area contributed by atoms with Gasteiger partial charge in [0.25, 0.3) is 6.79 Å². The highest BCUT2D eigenvalue weighted by Gasteiger charge is 2.32. The molecule has 0 spiro atoms. The van der Waals surface area contributed by atoms with E-state index >= 15 is 0 Å². The predicted octanol–water partition coefficient (Wildman–Crippen LogP) is 6.95. The first-order valence-corrected chi connectivity index (χ1v) is 20.7. The third-order valence-corrected chi connectivity index (χ3v) is 11.6. The lowest BCUT2D eigenvalue weighted by atomic mass is 9.98. The van der Waals surface area contributed by atoms with Gasteiger partial charge in [-0.25, -0.2) is 22.9 Å². The fraction of sp³-hybridized carbons (Fsp3) is 0.233. The summed E-state index contributed by atoms with van der Waals surface area (Å²) in [5.41, 5.74) is 5.94. The molecule has 0 fully saturated rings. The zero-order valence-corrected chi connectivity index (χ0v) is 33.8. The number of carbonyl (C=O) groups is 2. The Morgan fingerprint density at radius 1 is 0.800 bits per heavy atom. The summed E-state index contributed by atoms with van der Waals surface area (Å²) in [5.74, 6) is -1.06. The zero-order chi connectivity index (χ0) is 41.9. The van der Waals surface area contributed by atoms with Crippen LogP contribution in [0.3, 0.4) is 0 Å². The number of sulfonamides is 1. The van der Waals surface area contributed by atoms with E-state index < -0.39 is 35.4 Å². The molecule has 3 aromatic carbocycles. The molecule has 17 heteroatoms. The average Bonchev–Trinajstić information content (AvgIpc) is 3.94. The third kappa shape index (κ3) is 9.65. The van der Waals surface area contributed by atoms with Crippen LogP contribution in [0.5, 0.6) is 0 Å². The summed E-state index contributed by atoms with van der Waals surface area (Å²) in [6.45, 7) is 3.63. The first-order valence-electron chi connectivity index (χ1n) is 19.3. The third-order valence-electron chi connectivity index (χ3n) is 9.81. The second kappa shape index (κ2) is 19.2. The van der Waals surface area contributed by atoms with Crippen LogP contribution < -0.4 is 4.90 Å². The number of pyridine rings is 2. The molecule has 1 amide bonds. The molecule has 308 valence electrons. The molecule has 0 saturated carbocycles. The molecule has 0 aliphatic heterocycles. The number of benzene rings is 3. The number of nitrogens with zero attached hydrogens (tertiary/aromatic N) is 9. The first-order chi connectivity index (χ1) is 29.2. The fourth-order valence-corrected chi connectivity index (χ4v) is 8.13. The van der Waals surface area contributed by atoms with Gasteiger partial charge in [-0.05, 0) is 89.4 Å². The van der Waals surface area contributed by atoms with Crippen molar-refractivity contribution in [1.29, 1.82) is 0 Å². The van der Waals surface area contributed by atoms with Gasteiger partial charge in [-0.3, -0.25) is 19.7 Å². The summed E-state index contributed by atoms with van der Waals surface area (Å²) in [5, 5.41) is 13.4. The molecule has 0 unspecified atom stereocenters. The van der Waals surface area contributed by atoms with Crippen molar-refractivity contribution in [2.75, 3.05) is 37.9 Å². The number of esters is 1. The van der Waals surface area contributed by atoms with Crippen molar-refractivity contribution in [3.8, 4) is 16.8 Å². The number of amides is 1. The van der Waals surface area contributed by atoms with E-state index in [1.165, 1.54) is 28.8 Å².